The molecular formula is C33H31BrN4O3S. The smallest absolute Gasteiger partial charge is 0.272 e. The van der Waals surface area contributed by atoms with Gasteiger partial charge in [0.15, 0.2) is 0 Å². The van der Waals surface area contributed by atoms with Gasteiger partial charge in [-0.2, -0.15) is 0 Å². The lowest BCUT2D eigenvalue weighted by Crippen LogP contribution is -2.30. The highest BCUT2D eigenvalue weighted by Gasteiger charge is 2.17. The zero-order chi connectivity index (χ0) is 30.1. The van der Waals surface area contributed by atoms with Crippen molar-refractivity contribution >= 4 is 68.6 Å². The molecule has 0 spiro atoms. The summed E-state index contributed by atoms with van der Waals surface area (Å²) in [4.78, 5) is 41.8. The van der Waals surface area contributed by atoms with E-state index in [9.17, 15) is 14.4 Å². The van der Waals surface area contributed by atoms with Gasteiger partial charge < -0.3 is 20.9 Å². The van der Waals surface area contributed by atoms with Crippen LogP contribution < -0.4 is 20.9 Å². The zero-order valence-electron chi connectivity index (χ0n) is 23.4. The molecule has 1 unspecified atom stereocenters. The number of carbonyl (C=O) groups is 3. The number of amides is 3. The van der Waals surface area contributed by atoms with E-state index in [1.54, 1.807) is 42.5 Å². The maximum absolute atomic E-state index is 13.3. The summed E-state index contributed by atoms with van der Waals surface area (Å²) in [6.45, 7) is 1.84. The van der Waals surface area contributed by atoms with Crippen LogP contribution in [0.3, 0.4) is 0 Å². The topological polar surface area (TPSA) is 90.5 Å². The van der Waals surface area contributed by atoms with Gasteiger partial charge in [0.1, 0.15) is 5.70 Å². The van der Waals surface area contributed by atoms with Gasteiger partial charge in [0.05, 0.1) is 10.9 Å². The monoisotopic (exact) mass is 642 g/mol. The first-order chi connectivity index (χ1) is 20.2. The fourth-order valence-corrected chi connectivity index (χ4v) is 5.10. The van der Waals surface area contributed by atoms with E-state index < -0.39 is 5.91 Å². The average molecular weight is 644 g/mol. The van der Waals surface area contributed by atoms with Gasteiger partial charge in [0.2, 0.25) is 5.91 Å². The third kappa shape index (κ3) is 8.58. The van der Waals surface area contributed by atoms with Crippen molar-refractivity contribution in [1.29, 1.82) is 0 Å². The minimum Gasteiger partial charge on any atom is -0.378 e. The molecule has 0 saturated heterocycles. The lowest BCUT2D eigenvalue weighted by atomic mass is 10.1. The van der Waals surface area contributed by atoms with Crippen molar-refractivity contribution in [2.75, 3.05) is 29.6 Å². The van der Waals surface area contributed by atoms with Gasteiger partial charge in [-0.1, -0.05) is 42.5 Å². The zero-order valence-corrected chi connectivity index (χ0v) is 25.8. The normalized spacial score (nSPS) is 11.8. The van der Waals surface area contributed by atoms with Crippen LogP contribution in [0.15, 0.2) is 118 Å². The highest BCUT2D eigenvalue weighted by Crippen LogP contribution is 2.27. The number of thioether (sulfide) groups is 1. The summed E-state index contributed by atoms with van der Waals surface area (Å²) >= 11 is 4.85. The molecule has 42 heavy (non-hydrogen) atoms. The number of para-hydroxylation sites is 1. The third-order valence-corrected chi connectivity index (χ3v) is 7.98. The summed E-state index contributed by atoms with van der Waals surface area (Å²) in [6.07, 6.45) is 1.64. The fourth-order valence-electron chi connectivity index (χ4n) is 3.85. The predicted octanol–water partition coefficient (Wildman–Crippen LogP) is 7.04. The number of benzene rings is 4. The first-order valence-corrected chi connectivity index (χ1v) is 14.9. The predicted molar refractivity (Wildman–Crippen MR) is 176 cm³/mol. The lowest BCUT2D eigenvalue weighted by molar-refractivity contribution is -0.115. The second kappa shape index (κ2) is 14.5. The number of hydrogen-bond acceptors (Lipinski definition) is 5. The molecule has 3 amide bonds. The van der Waals surface area contributed by atoms with Gasteiger partial charge in [-0.3, -0.25) is 14.4 Å². The van der Waals surface area contributed by atoms with E-state index in [0.29, 0.717) is 16.9 Å². The molecule has 7 nitrogen and oxygen atoms in total. The Kier molecular flexibility index (Phi) is 10.6. The number of nitrogens with one attached hydrogen (secondary N) is 3. The van der Waals surface area contributed by atoms with Crippen molar-refractivity contribution in [3.8, 4) is 0 Å². The molecule has 0 aliphatic rings. The maximum atomic E-state index is 13.3. The summed E-state index contributed by atoms with van der Waals surface area (Å²) in [7, 11) is 3.90. The second-order valence-corrected chi connectivity index (χ2v) is 11.8. The van der Waals surface area contributed by atoms with E-state index in [4.69, 9.17) is 0 Å². The fraction of sp³-hybridized carbons (Fsp3) is 0.121. The molecule has 4 aromatic rings. The molecular weight excluding hydrogens is 612 g/mol. The molecule has 0 saturated carbocycles. The standard InChI is InChI=1S/C33H31BrN4O3S/c1-22(31(39)36-29-12-8-7-11-28(29)34)42-27-19-15-25(16-20-27)35-33(41)30(37-32(40)24-9-5-4-6-10-24)21-23-13-17-26(18-14-23)38(2)3/h4-22H,1-3H3,(H,35,41)(H,36,39)(H,37,40)/b30-21-. The number of nitrogens with zero attached hydrogens (tertiary/aromatic N) is 1. The molecule has 4 aromatic carbocycles. The molecule has 0 radical (unpaired) electrons. The van der Waals surface area contributed by atoms with Crippen molar-refractivity contribution < 1.29 is 14.4 Å². The van der Waals surface area contributed by atoms with Crippen molar-refractivity contribution in [1.82, 2.24) is 5.32 Å². The lowest BCUT2D eigenvalue weighted by Gasteiger charge is -2.14. The van der Waals surface area contributed by atoms with E-state index in [-0.39, 0.29) is 22.8 Å². The quantitative estimate of drug-likeness (QED) is 0.127. The third-order valence-electron chi connectivity index (χ3n) is 6.18. The molecule has 214 valence electrons. The molecule has 0 heterocycles. The van der Waals surface area contributed by atoms with Gasteiger partial charge in [-0.15, -0.1) is 11.8 Å². The number of hydrogen-bond donors (Lipinski definition) is 3. The summed E-state index contributed by atoms with van der Waals surface area (Å²) in [5.41, 5.74) is 3.60. The molecule has 0 aliphatic heterocycles. The van der Waals surface area contributed by atoms with Crippen molar-refractivity contribution in [2.24, 2.45) is 0 Å². The summed E-state index contributed by atoms with van der Waals surface area (Å²) < 4.78 is 0.814. The van der Waals surface area contributed by atoms with Crippen LogP contribution in [0.2, 0.25) is 0 Å². The Morgan fingerprint density at radius 3 is 2.10 bits per heavy atom. The minimum absolute atomic E-state index is 0.109. The number of rotatable bonds is 10. The Hall–Kier alpha value is -4.34. The summed E-state index contributed by atoms with van der Waals surface area (Å²) in [6, 6.07) is 31.1. The SMILES string of the molecule is CC(Sc1ccc(NC(=O)/C(=C/c2ccc(N(C)C)cc2)NC(=O)c2ccccc2)cc1)C(=O)Nc1ccccc1Br. The minimum atomic E-state index is -0.461. The van der Waals surface area contributed by atoms with Crippen LogP contribution in [-0.2, 0) is 9.59 Å². The number of carbonyl (C=O) groups excluding carboxylic acids is 3. The van der Waals surface area contributed by atoms with Crippen LogP contribution in [0.1, 0.15) is 22.8 Å². The van der Waals surface area contributed by atoms with E-state index in [0.717, 1.165) is 20.6 Å². The Bertz CT molecular complexity index is 1570. The van der Waals surface area contributed by atoms with Gasteiger partial charge in [-0.05, 0) is 95.2 Å². The molecule has 9 heteroatoms. The van der Waals surface area contributed by atoms with Crippen molar-refractivity contribution in [2.45, 2.75) is 17.1 Å². The van der Waals surface area contributed by atoms with Crippen LogP contribution in [0.5, 0.6) is 0 Å². The van der Waals surface area contributed by atoms with E-state index in [1.807, 2.05) is 92.6 Å². The van der Waals surface area contributed by atoms with Gasteiger partial charge in [-0.25, -0.2) is 0 Å². The largest absolute Gasteiger partial charge is 0.378 e. The summed E-state index contributed by atoms with van der Waals surface area (Å²) in [5, 5.41) is 8.21. The number of anilines is 3. The van der Waals surface area contributed by atoms with E-state index in [2.05, 4.69) is 31.9 Å². The van der Waals surface area contributed by atoms with Gasteiger partial charge >= 0.3 is 0 Å². The molecule has 0 aromatic heterocycles. The van der Waals surface area contributed by atoms with Crippen LogP contribution in [-0.4, -0.2) is 37.1 Å². The van der Waals surface area contributed by atoms with Crippen LogP contribution in [0.4, 0.5) is 17.1 Å². The van der Waals surface area contributed by atoms with E-state index in [1.165, 1.54) is 11.8 Å². The Morgan fingerprint density at radius 1 is 0.810 bits per heavy atom. The Labute approximate surface area is 258 Å². The van der Waals surface area contributed by atoms with E-state index >= 15 is 0 Å². The highest BCUT2D eigenvalue weighted by atomic mass is 79.9. The van der Waals surface area contributed by atoms with Crippen LogP contribution >= 0.6 is 27.7 Å². The molecule has 0 aliphatic carbocycles. The van der Waals surface area contributed by atoms with Crippen LogP contribution in [0.25, 0.3) is 6.08 Å². The molecule has 4 rings (SSSR count). The Morgan fingerprint density at radius 2 is 1.45 bits per heavy atom. The average Bonchev–Trinajstić information content (AvgIpc) is 2.99. The maximum Gasteiger partial charge on any atom is 0.272 e. The van der Waals surface area contributed by atoms with Gasteiger partial charge in [0, 0.05) is 40.4 Å². The van der Waals surface area contributed by atoms with Crippen molar-refractivity contribution in [3.63, 3.8) is 0 Å². The summed E-state index contributed by atoms with van der Waals surface area (Å²) in [5.74, 6) is -0.965. The first-order valence-electron chi connectivity index (χ1n) is 13.2. The van der Waals surface area contributed by atoms with Gasteiger partial charge in [0.25, 0.3) is 11.8 Å². The molecule has 0 fully saturated rings. The van der Waals surface area contributed by atoms with Crippen LogP contribution in [0, 0.1) is 0 Å². The molecule has 3 N–H and O–H groups in total. The highest BCUT2D eigenvalue weighted by molar-refractivity contribution is 9.10. The Balaban J connectivity index is 1.45. The van der Waals surface area contributed by atoms with Crippen molar-refractivity contribution in [3.05, 3.63) is 124 Å². The molecule has 0 bridgehead atoms. The second-order valence-electron chi connectivity index (χ2n) is 9.57. The number of halogens is 1. The molecule has 1 atom stereocenters. The first kappa shape index (κ1) is 30.6.